The minimum absolute atomic E-state index is 0.0441. The monoisotopic (exact) mass is 345 g/mol. The molecule has 0 unspecified atom stereocenters. The second-order valence-electron chi connectivity index (χ2n) is 6.92. The van der Waals surface area contributed by atoms with Gasteiger partial charge in [-0.3, -0.25) is 4.79 Å². The number of carbonyl (C=O) groups excluding carboxylic acids is 1. The third kappa shape index (κ3) is 2.75. The van der Waals surface area contributed by atoms with Gasteiger partial charge in [0.1, 0.15) is 0 Å². The predicted molar refractivity (Wildman–Crippen MR) is 95.6 cm³/mol. The maximum atomic E-state index is 13.0. The third-order valence-corrected chi connectivity index (χ3v) is 6.45. The van der Waals surface area contributed by atoms with E-state index in [1.165, 1.54) is 4.70 Å². The van der Waals surface area contributed by atoms with Gasteiger partial charge in [-0.1, -0.05) is 18.2 Å². The Balaban J connectivity index is 1.58. The zero-order valence-corrected chi connectivity index (χ0v) is 14.8. The Morgan fingerprint density at radius 3 is 3.17 bits per heavy atom. The van der Waals surface area contributed by atoms with Crippen LogP contribution in [0.25, 0.3) is 10.1 Å². The molecule has 2 aliphatic rings. The highest BCUT2D eigenvalue weighted by molar-refractivity contribution is 7.20. The smallest absolute Gasteiger partial charge is 0.263 e. The molecule has 0 saturated carbocycles. The lowest BCUT2D eigenvalue weighted by molar-refractivity contribution is -0.142. The summed E-state index contributed by atoms with van der Waals surface area (Å²) in [7, 11) is 1.74. The average Bonchev–Trinajstić information content (AvgIpc) is 3.04. The average molecular weight is 345 g/mol. The minimum atomic E-state index is -0.0441. The zero-order chi connectivity index (χ0) is 16.6. The lowest BCUT2D eigenvalue weighted by Crippen LogP contribution is -2.57. The minimum Gasteiger partial charge on any atom is -0.384 e. The van der Waals surface area contributed by atoms with Gasteiger partial charge in [0.2, 0.25) is 0 Å². The molecule has 0 radical (unpaired) electrons. The zero-order valence-electron chi connectivity index (χ0n) is 14.0. The van der Waals surface area contributed by atoms with Crippen LogP contribution in [0.5, 0.6) is 0 Å². The standard InChI is InChI=1S/C19H23NO3S/c1-22-13-19-8-4-10-23-17(19)7-9-20(12-19)18(21)16-11-14-5-2-3-6-15(14)24-16/h2-3,5-6,11,17H,4,7-10,12-13H2,1H3/t17-,19-/m0/s1. The van der Waals surface area contributed by atoms with Gasteiger partial charge in [0.05, 0.1) is 17.6 Å². The first-order chi connectivity index (χ1) is 11.7. The quantitative estimate of drug-likeness (QED) is 0.854. The van der Waals surface area contributed by atoms with Crippen LogP contribution in [-0.2, 0) is 9.47 Å². The number of methoxy groups -OCH3 is 1. The molecule has 0 N–H and O–H groups in total. The predicted octanol–water partition coefficient (Wildman–Crippen LogP) is 3.56. The van der Waals surface area contributed by atoms with E-state index in [-0.39, 0.29) is 17.4 Å². The number of ether oxygens (including phenoxy) is 2. The molecule has 1 aromatic heterocycles. The molecule has 0 spiro atoms. The van der Waals surface area contributed by atoms with Gasteiger partial charge >= 0.3 is 0 Å². The van der Waals surface area contributed by atoms with Crippen LogP contribution in [-0.4, -0.2) is 50.3 Å². The van der Waals surface area contributed by atoms with Crippen molar-refractivity contribution in [1.29, 1.82) is 0 Å². The fraction of sp³-hybridized carbons (Fsp3) is 0.526. The van der Waals surface area contributed by atoms with E-state index in [0.29, 0.717) is 6.61 Å². The molecule has 2 aromatic rings. The Kier molecular flexibility index (Phi) is 4.33. The summed E-state index contributed by atoms with van der Waals surface area (Å²) in [5.41, 5.74) is -0.0441. The molecule has 5 heteroatoms. The van der Waals surface area contributed by atoms with Gasteiger partial charge in [0.25, 0.3) is 5.91 Å². The highest BCUT2D eigenvalue weighted by Crippen LogP contribution is 2.41. The molecule has 1 amide bonds. The van der Waals surface area contributed by atoms with E-state index in [2.05, 4.69) is 12.1 Å². The lowest BCUT2D eigenvalue weighted by Gasteiger charge is -2.50. The fourth-order valence-corrected chi connectivity index (χ4v) is 5.24. The first kappa shape index (κ1) is 16.1. The number of amides is 1. The van der Waals surface area contributed by atoms with Gasteiger partial charge in [-0.25, -0.2) is 0 Å². The van der Waals surface area contributed by atoms with Gasteiger partial charge in [-0.2, -0.15) is 0 Å². The third-order valence-electron chi connectivity index (χ3n) is 5.34. The van der Waals surface area contributed by atoms with Crippen LogP contribution < -0.4 is 0 Å². The summed E-state index contributed by atoms with van der Waals surface area (Å²) >= 11 is 1.59. The van der Waals surface area contributed by atoms with Gasteiger partial charge in [0.15, 0.2) is 0 Å². The summed E-state index contributed by atoms with van der Waals surface area (Å²) in [5, 5.41) is 1.15. The van der Waals surface area contributed by atoms with Crippen molar-refractivity contribution in [2.24, 2.45) is 5.41 Å². The number of thiophene rings is 1. The number of rotatable bonds is 3. The Morgan fingerprint density at radius 1 is 1.46 bits per heavy atom. The van der Waals surface area contributed by atoms with Crippen LogP contribution in [0, 0.1) is 5.41 Å². The number of piperidine rings is 1. The van der Waals surface area contributed by atoms with Gasteiger partial charge in [-0.05, 0) is 36.8 Å². The lowest BCUT2D eigenvalue weighted by atomic mass is 9.73. The van der Waals surface area contributed by atoms with Crippen LogP contribution >= 0.6 is 11.3 Å². The van der Waals surface area contributed by atoms with Crippen molar-refractivity contribution in [3.63, 3.8) is 0 Å². The molecule has 2 atom stereocenters. The molecule has 2 fully saturated rings. The number of likely N-dealkylation sites (tertiary alicyclic amines) is 1. The van der Waals surface area contributed by atoms with Crippen molar-refractivity contribution in [3.05, 3.63) is 35.2 Å². The summed E-state index contributed by atoms with van der Waals surface area (Å²) in [6.45, 7) is 3.00. The molecule has 2 saturated heterocycles. The highest BCUT2D eigenvalue weighted by atomic mass is 32.1. The second-order valence-corrected chi connectivity index (χ2v) is 8.01. The van der Waals surface area contributed by atoms with Gasteiger partial charge in [-0.15, -0.1) is 11.3 Å². The molecule has 2 aliphatic heterocycles. The summed E-state index contributed by atoms with van der Waals surface area (Å²) in [6, 6.07) is 10.2. The second kappa shape index (κ2) is 6.47. The Hall–Kier alpha value is -1.43. The Labute approximate surface area is 146 Å². The number of hydrogen-bond donors (Lipinski definition) is 0. The van der Waals surface area contributed by atoms with Crippen molar-refractivity contribution in [2.45, 2.75) is 25.4 Å². The van der Waals surface area contributed by atoms with Crippen molar-refractivity contribution < 1.29 is 14.3 Å². The number of carbonyl (C=O) groups is 1. The maximum Gasteiger partial charge on any atom is 0.263 e. The number of nitrogens with zero attached hydrogens (tertiary/aromatic N) is 1. The first-order valence-electron chi connectivity index (χ1n) is 8.60. The summed E-state index contributed by atoms with van der Waals surface area (Å²) in [5.74, 6) is 0.149. The van der Waals surface area contributed by atoms with Crippen molar-refractivity contribution in [3.8, 4) is 0 Å². The van der Waals surface area contributed by atoms with E-state index in [0.717, 1.165) is 49.2 Å². The molecule has 3 heterocycles. The van der Waals surface area contributed by atoms with Crippen LogP contribution in [0.15, 0.2) is 30.3 Å². The van der Waals surface area contributed by atoms with E-state index < -0.39 is 0 Å². The number of fused-ring (bicyclic) bond motifs is 2. The van der Waals surface area contributed by atoms with E-state index in [1.807, 2.05) is 23.1 Å². The molecule has 0 bridgehead atoms. The van der Waals surface area contributed by atoms with Crippen LogP contribution in [0.1, 0.15) is 28.9 Å². The molecule has 24 heavy (non-hydrogen) atoms. The van der Waals surface area contributed by atoms with E-state index in [1.54, 1.807) is 18.4 Å². The molecule has 4 rings (SSSR count). The summed E-state index contributed by atoms with van der Waals surface area (Å²) in [4.78, 5) is 15.9. The van der Waals surface area contributed by atoms with Crippen molar-refractivity contribution in [1.82, 2.24) is 4.90 Å². The largest absolute Gasteiger partial charge is 0.384 e. The SMILES string of the molecule is COC[C@@]12CCCO[C@H]1CCN(C(=O)c1cc3ccccc3s1)C2. The normalized spacial score (nSPS) is 27.2. The van der Waals surface area contributed by atoms with Crippen LogP contribution in [0.3, 0.4) is 0 Å². The van der Waals surface area contributed by atoms with Crippen LogP contribution in [0.2, 0.25) is 0 Å². The van der Waals surface area contributed by atoms with E-state index >= 15 is 0 Å². The molecule has 4 nitrogen and oxygen atoms in total. The van der Waals surface area contributed by atoms with Crippen molar-refractivity contribution >= 4 is 27.3 Å². The molecular weight excluding hydrogens is 322 g/mol. The Bertz CT molecular complexity index is 706. The highest BCUT2D eigenvalue weighted by Gasteiger charge is 2.47. The van der Waals surface area contributed by atoms with Crippen molar-refractivity contribution in [2.75, 3.05) is 33.4 Å². The fourth-order valence-electron chi connectivity index (χ4n) is 4.20. The number of benzene rings is 1. The maximum absolute atomic E-state index is 13.0. The van der Waals surface area contributed by atoms with E-state index in [4.69, 9.17) is 9.47 Å². The molecular formula is C19H23NO3S. The van der Waals surface area contributed by atoms with E-state index in [9.17, 15) is 4.79 Å². The summed E-state index contributed by atoms with van der Waals surface area (Å²) < 4.78 is 12.7. The molecule has 128 valence electrons. The summed E-state index contributed by atoms with van der Waals surface area (Å²) in [6.07, 6.45) is 3.24. The topological polar surface area (TPSA) is 38.8 Å². The Morgan fingerprint density at radius 2 is 2.33 bits per heavy atom. The molecule has 0 aliphatic carbocycles. The van der Waals surface area contributed by atoms with Crippen LogP contribution in [0.4, 0.5) is 0 Å². The first-order valence-corrected chi connectivity index (χ1v) is 9.42. The number of hydrogen-bond acceptors (Lipinski definition) is 4. The van der Waals surface area contributed by atoms with Gasteiger partial charge in [0, 0.05) is 36.9 Å². The molecule has 1 aromatic carbocycles. The van der Waals surface area contributed by atoms with Gasteiger partial charge < -0.3 is 14.4 Å².